The van der Waals surface area contributed by atoms with Crippen LogP contribution in [-0.4, -0.2) is 41.0 Å². The third-order valence-corrected chi connectivity index (χ3v) is 7.49. The lowest BCUT2D eigenvalue weighted by molar-refractivity contribution is -0.151. The highest BCUT2D eigenvalue weighted by Gasteiger charge is 2.50. The summed E-state index contributed by atoms with van der Waals surface area (Å²) in [6.07, 6.45) is 3.68. The molecule has 1 heterocycles. The molecule has 0 aromatic heterocycles. The zero-order valence-corrected chi connectivity index (χ0v) is 23.0. The number of para-hydroxylation sites is 1. The summed E-state index contributed by atoms with van der Waals surface area (Å²) < 4.78 is 15.1. The monoisotopic (exact) mass is 532 g/mol. The second-order valence-electron chi connectivity index (χ2n) is 11.3. The summed E-state index contributed by atoms with van der Waals surface area (Å²) in [6.45, 7) is 8.10. The number of primary amides is 1. The predicted molar refractivity (Wildman–Crippen MR) is 150 cm³/mol. The van der Waals surface area contributed by atoms with E-state index in [9.17, 15) is 14.4 Å². The van der Waals surface area contributed by atoms with Crippen LogP contribution in [0.4, 0.5) is 10.1 Å². The molecule has 0 bridgehead atoms. The van der Waals surface area contributed by atoms with Crippen molar-refractivity contribution in [3.8, 4) is 0 Å². The van der Waals surface area contributed by atoms with Crippen molar-refractivity contribution in [3.05, 3.63) is 77.6 Å². The highest BCUT2D eigenvalue weighted by Crippen LogP contribution is 2.44. The largest absolute Gasteiger partial charge is 0.369 e. The molecule has 7 nitrogen and oxygen atoms in total. The minimum absolute atomic E-state index is 0.00887. The first kappa shape index (κ1) is 28.2. The standard InChI is InChI=1S/C31H37FN4O3/c1-19(2)17-23(31(30(33)39)15-9-10-16-31)29(38)36(18-20(3)4)27-28(37)34-25-14-8-6-12-22(25)26(35-27)21-11-5-7-13-24(21)32/h5-14,19-20,23,27H,15-18H2,1-4H3,(H2,33,39)(H,34,37). The van der Waals surface area contributed by atoms with Gasteiger partial charge in [-0.15, -0.1) is 0 Å². The summed E-state index contributed by atoms with van der Waals surface area (Å²) in [5.74, 6) is -2.50. The molecule has 1 aliphatic carbocycles. The van der Waals surface area contributed by atoms with Crippen LogP contribution in [0.2, 0.25) is 0 Å². The Morgan fingerprint density at radius 3 is 2.23 bits per heavy atom. The van der Waals surface area contributed by atoms with Gasteiger partial charge in [0, 0.05) is 17.7 Å². The van der Waals surface area contributed by atoms with E-state index in [1.807, 2.05) is 39.8 Å². The van der Waals surface area contributed by atoms with Crippen LogP contribution in [-0.2, 0) is 14.4 Å². The Kier molecular flexibility index (Phi) is 8.33. The number of carbonyl (C=O) groups excluding carboxylic acids is 3. The molecule has 0 saturated heterocycles. The number of benzodiazepines with no additional fused rings is 1. The lowest BCUT2D eigenvalue weighted by Gasteiger charge is -2.40. The van der Waals surface area contributed by atoms with E-state index in [1.165, 1.54) is 11.0 Å². The van der Waals surface area contributed by atoms with Crippen LogP contribution < -0.4 is 11.1 Å². The van der Waals surface area contributed by atoms with E-state index in [0.29, 0.717) is 30.5 Å². The number of carbonyl (C=O) groups is 3. The number of aliphatic imine (C=N–C) groups is 1. The Morgan fingerprint density at radius 1 is 1.03 bits per heavy atom. The molecule has 2 aromatic rings. The van der Waals surface area contributed by atoms with Crippen molar-refractivity contribution in [1.29, 1.82) is 0 Å². The average molecular weight is 533 g/mol. The molecule has 2 atom stereocenters. The maximum absolute atomic E-state index is 15.1. The fourth-order valence-corrected chi connectivity index (χ4v) is 5.59. The van der Waals surface area contributed by atoms with Gasteiger partial charge >= 0.3 is 0 Å². The number of nitrogens with two attached hydrogens (primary N) is 1. The summed E-state index contributed by atoms with van der Waals surface area (Å²) >= 11 is 0. The molecule has 0 spiro atoms. The molecular weight excluding hydrogens is 495 g/mol. The Labute approximate surface area is 229 Å². The van der Waals surface area contributed by atoms with Gasteiger partial charge in [-0.25, -0.2) is 9.38 Å². The molecule has 1 aliphatic heterocycles. The Bertz CT molecular complexity index is 1310. The van der Waals surface area contributed by atoms with Gasteiger partial charge in [-0.1, -0.05) is 70.2 Å². The van der Waals surface area contributed by atoms with Crippen molar-refractivity contribution < 1.29 is 18.8 Å². The van der Waals surface area contributed by atoms with E-state index in [0.717, 1.165) is 0 Å². The first-order valence-electron chi connectivity index (χ1n) is 13.5. The van der Waals surface area contributed by atoms with Crippen LogP contribution in [0.25, 0.3) is 0 Å². The molecule has 0 saturated carbocycles. The van der Waals surface area contributed by atoms with E-state index >= 15 is 4.39 Å². The third kappa shape index (κ3) is 5.65. The second-order valence-corrected chi connectivity index (χ2v) is 11.3. The van der Waals surface area contributed by atoms with Crippen molar-refractivity contribution in [1.82, 2.24) is 4.90 Å². The van der Waals surface area contributed by atoms with E-state index < -0.39 is 35.1 Å². The number of anilines is 1. The minimum atomic E-state index is -1.27. The summed E-state index contributed by atoms with van der Waals surface area (Å²) in [5.41, 5.74) is 6.43. The molecule has 2 aliphatic rings. The molecule has 3 N–H and O–H groups in total. The molecule has 8 heteroatoms. The molecular formula is C31H37FN4O3. The van der Waals surface area contributed by atoms with Gasteiger partial charge in [0.05, 0.1) is 22.7 Å². The zero-order chi connectivity index (χ0) is 28.3. The van der Waals surface area contributed by atoms with E-state index in [1.54, 1.807) is 42.5 Å². The molecule has 4 rings (SSSR count). The number of hydrogen-bond acceptors (Lipinski definition) is 4. The van der Waals surface area contributed by atoms with E-state index in [2.05, 4.69) is 5.32 Å². The first-order chi connectivity index (χ1) is 18.5. The molecule has 3 amide bonds. The number of allylic oxidation sites excluding steroid dienone is 2. The second kappa shape index (κ2) is 11.5. The lowest BCUT2D eigenvalue weighted by Crippen LogP contribution is -2.55. The predicted octanol–water partition coefficient (Wildman–Crippen LogP) is 4.91. The SMILES string of the molecule is CC(C)CC(C(=O)N(CC(C)C)C1N=C(c2ccccc2F)c2ccccc2NC1=O)C1(C(N)=O)CC=CC1. The van der Waals surface area contributed by atoms with Crippen molar-refractivity contribution >= 4 is 29.1 Å². The van der Waals surface area contributed by atoms with E-state index in [-0.39, 0.29) is 35.6 Å². The summed E-state index contributed by atoms with van der Waals surface area (Å²) in [4.78, 5) is 47.4. The van der Waals surface area contributed by atoms with Crippen molar-refractivity contribution in [2.45, 2.75) is 53.1 Å². The maximum atomic E-state index is 15.1. The van der Waals surface area contributed by atoms with Crippen molar-refractivity contribution in [2.75, 3.05) is 11.9 Å². The van der Waals surface area contributed by atoms with Gasteiger partial charge < -0.3 is 16.0 Å². The topological polar surface area (TPSA) is 105 Å². The van der Waals surface area contributed by atoms with Gasteiger partial charge in [-0.05, 0) is 49.3 Å². The first-order valence-corrected chi connectivity index (χ1v) is 13.5. The Balaban J connectivity index is 1.87. The lowest BCUT2D eigenvalue weighted by atomic mass is 9.68. The summed E-state index contributed by atoms with van der Waals surface area (Å²) in [7, 11) is 0. The zero-order valence-electron chi connectivity index (χ0n) is 23.0. The molecule has 2 unspecified atom stereocenters. The van der Waals surface area contributed by atoms with Gasteiger partial charge in [0.25, 0.3) is 5.91 Å². The molecule has 0 fully saturated rings. The third-order valence-electron chi connectivity index (χ3n) is 7.49. The summed E-state index contributed by atoms with van der Waals surface area (Å²) in [6, 6.07) is 13.3. The average Bonchev–Trinajstić information content (AvgIpc) is 3.33. The molecule has 39 heavy (non-hydrogen) atoms. The number of nitrogens with zero attached hydrogens (tertiary/aromatic N) is 2. The van der Waals surface area contributed by atoms with Gasteiger partial charge in [-0.2, -0.15) is 0 Å². The van der Waals surface area contributed by atoms with Crippen LogP contribution in [0, 0.1) is 29.0 Å². The number of hydrogen-bond donors (Lipinski definition) is 2. The number of nitrogens with one attached hydrogen (secondary N) is 1. The van der Waals surface area contributed by atoms with Crippen LogP contribution in [0.1, 0.15) is 58.1 Å². The normalized spacial score (nSPS) is 18.8. The highest BCUT2D eigenvalue weighted by atomic mass is 19.1. The van der Waals surface area contributed by atoms with Crippen LogP contribution in [0.15, 0.2) is 65.7 Å². The quantitative estimate of drug-likeness (QED) is 0.448. The van der Waals surface area contributed by atoms with Crippen LogP contribution in [0.3, 0.4) is 0 Å². The fourth-order valence-electron chi connectivity index (χ4n) is 5.59. The van der Waals surface area contributed by atoms with Crippen molar-refractivity contribution in [3.63, 3.8) is 0 Å². The Morgan fingerprint density at radius 2 is 1.64 bits per heavy atom. The van der Waals surface area contributed by atoms with Gasteiger partial charge in [0.15, 0.2) is 0 Å². The van der Waals surface area contributed by atoms with E-state index in [4.69, 9.17) is 10.7 Å². The van der Waals surface area contributed by atoms with Gasteiger partial charge in [-0.3, -0.25) is 14.4 Å². The van der Waals surface area contributed by atoms with Gasteiger partial charge in [0.1, 0.15) is 5.82 Å². The molecule has 0 radical (unpaired) electrons. The highest BCUT2D eigenvalue weighted by molar-refractivity contribution is 6.20. The molecule has 206 valence electrons. The smallest absolute Gasteiger partial charge is 0.269 e. The number of fused-ring (bicyclic) bond motifs is 1. The van der Waals surface area contributed by atoms with Gasteiger partial charge in [0.2, 0.25) is 18.0 Å². The number of rotatable bonds is 9. The van der Waals surface area contributed by atoms with Crippen LogP contribution >= 0.6 is 0 Å². The maximum Gasteiger partial charge on any atom is 0.269 e. The molecule has 2 aromatic carbocycles. The Hall–Kier alpha value is -3.81. The van der Waals surface area contributed by atoms with Crippen molar-refractivity contribution in [2.24, 2.45) is 33.9 Å². The minimum Gasteiger partial charge on any atom is -0.369 e. The number of amides is 3. The fraction of sp³-hybridized carbons (Fsp3) is 0.419. The number of halogens is 1. The number of benzene rings is 2. The van der Waals surface area contributed by atoms with Crippen LogP contribution in [0.5, 0.6) is 0 Å². The summed E-state index contributed by atoms with van der Waals surface area (Å²) in [5, 5.41) is 2.91.